The lowest BCUT2D eigenvalue weighted by atomic mass is 9.64. The fourth-order valence-electron chi connectivity index (χ4n) is 8.36. The summed E-state index contributed by atoms with van der Waals surface area (Å²) in [5.41, 5.74) is 11.9. The van der Waals surface area contributed by atoms with Crippen LogP contribution in [0.25, 0.3) is 33.0 Å². The third kappa shape index (κ3) is 3.50. The van der Waals surface area contributed by atoms with Crippen molar-refractivity contribution in [3.05, 3.63) is 191 Å². The minimum absolute atomic E-state index is 0.258. The maximum absolute atomic E-state index is 6.62. The summed E-state index contributed by atoms with van der Waals surface area (Å²) < 4.78 is 6.62. The molecule has 7 aromatic rings. The van der Waals surface area contributed by atoms with E-state index in [4.69, 9.17) is 4.74 Å². The van der Waals surface area contributed by atoms with E-state index in [0.29, 0.717) is 0 Å². The van der Waals surface area contributed by atoms with Crippen molar-refractivity contribution in [2.45, 2.75) is 24.7 Å². The first-order chi connectivity index (χ1) is 22.1. The van der Waals surface area contributed by atoms with Gasteiger partial charge in [0, 0.05) is 16.5 Å². The van der Waals surface area contributed by atoms with Gasteiger partial charge >= 0.3 is 0 Å². The van der Waals surface area contributed by atoms with E-state index in [-0.39, 0.29) is 5.41 Å². The fraction of sp³-hybridized carbons (Fsp3) is 0.0909. The molecule has 0 radical (unpaired) electrons. The second-order valence-electron chi connectivity index (χ2n) is 12.8. The molecule has 1 atom stereocenters. The minimum atomic E-state index is -0.537. The Hall–Kier alpha value is -5.40. The van der Waals surface area contributed by atoms with Gasteiger partial charge in [0.05, 0.1) is 5.41 Å². The Morgan fingerprint density at radius 1 is 0.400 bits per heavy atom. The highest BCUT2D eigenvalue weighted by atomic mass is 16.5. The highest BCUT2D eigenvalue weighted by Gasteiger charge is 2.48. The van der Waals surface area contributed by atoms with Crippen molar-refractivity contribution in [2.24, 2.45) is 0 Å². The molecule has 1 unspecified atom stereocenters. The van der Waals surface area contributed by atoms with E-state index in [2.05, 4.69) is 172 Å². The molecule has 0 fully saturated rings. The molecule has 9 rings (SSSR count). The van der Waals surface area contributed by atoms with Crippen LogP contribution < -0.4 is 4.74 Å². The lowest BCUT2D eigenvalue weighted by Crippen LogP contribution is -2.30. The SMILES string of the molecule is CC1(C)c2ccccc2Oc2cccc(-c3ccccc3C3(c4ccccc4)c4ccccc4-c4ccc5ccccc5c43)c21. The molecule has 0 amide bonds. The lowest BCUT2D eigenvalue weighted by Gasteiger charge is -2.39. The second kappa shape index (κ2) is 9.55. The van der Waals surface area contributed by atoms with Gasteiger partial charge in [-0.1, -0.05) is 159 Å². The molecular formula is C44H32O. The Kier molecular flexibility index (Phi) is 5.53. The van der Waals surface area contributed by atoms with Crippen molar-refractivity contribution < 1.29 is 4.74 Å². The second-order valence-corrected chi connectivity index (χ2v) is 12.8. The summed E-state index contributed by atoms with van der Waals surface area (Å²) in [5, 5.41) is 2.54. The largest absolute Gasteiger partial charge is 0.457 e. The zero-order valence-electron chi connectivity index (χ0n) is 25.4. The first-order valence-corrected chi connectivity index (χ1v) is 15.8. The Bertz CT molecular complexity index is 2280. The van der Waals surface area contributed by atoms with Gasteiger partial charge in [-0.3, -0.25) is 0 Å². The molecule has 45 heavy (non-hydrogen) atoms. The zero-order valence-corrected chi connectivity index (χ0v) is 25.4. The fourth-order valence-corrected chi connectivity index (χ4v) is 8.36. The van der Waals surface area contributed by atoms with Crippen LogP contribution in [0.1, 0.15) is 47.2 Å². The van der Waals surface area contributed by atoms with Crippen molar-refractivity contribution in [3.63, 3.8) is 0 Å². The van der Waals surface area contributed by atoms with Crippen LogP contribution in [0.2, 0.25) is 0 Å². The highest BCUT2D eigenvalue weighted by Crippen LogP contribution is 2.60. The van der Waals surface area contributed by atoms with Crippen LogP contribution in [0.4, 0.5) is 0 Å². The van der Waals surface area contributed by atoms with E-state index in [1.165, 1.54) is 66.4 Å². The summed E-state index contributed by atoms with van der Waals surface area (Å²) in [5.74, 6) is 1.86. The molecule has 1 nitrogen and oxygen atoms in total. The summed E-state index contributed by atoms with van der Waals surface area (Å²) in [6.07, 6.45) is 0. The molecule has 0 aromatic heterocycles. The van der Waals surface area contributed by atoms with Gasteiger partial charge in [-0.15, -0.1) is 0 Å². The van der Waals surface area contributed by atoms with Gasteiger partial charge in [0.25, 0.3) is 0 Å². The van der Waals surface area contributed by atoms with Gasteiger partial charge in [0.1, 0.15) is 11.5 Å². The molecule has 0 spiro atoms. The third-order valence-electron chi connectivity index (χ3n) is 10.2. The molecule has 0 bridgehead atoms. The molecular weight excluding hydrogens is 544 g/mol. The van der Waals surface area contributed by atoms with Crippen LogP contribution >= 0.6 is 0 Å². The number of ether oxygens (including phenoxy) is 1. The smallest absolute Gasteiger partial charge is 0.132 e. The molecule has 1 heterocycles. The maximum atomic E-state index is 6.62. The van der Waals surface area contributed by atoms with Crippen LogP contribution in [0.5, 0.6) is 11.5 Å². The van der Waals surface area contributed by atoms with Crippen LogP contribution in [0, 0.1) is 0 Å². The summed E-state index contributed by atoms with van der Waals surface area (Å²) >= 11 is 0. The van der Waals surface area contributed by atoms with Crippen molar-refractivity contribution in [1.29, 1.82) is 0 Å². The highest BCUT2D eigenvalue weighted by molar-refractivity contribution is 6.01. The first kappa shape index (κ1) is 26.0. The summed E-state index contributed by atoms with van der Waals surface area (Å²) in [6.45, 7) is 4.67. The molecule has 2 aliphatic rings. The maximum Gasteiger partial charge on any atom is 0.132 e. The van der Waals surface area contributed by atoms with Gasteiger partial charge in [0.2, 0.25) is 0 Å². The van der Waals surface area contributed by atoms with E-state index >= 15 is 0 Å². The standard InChI is InChI=1S/C44H32O/c1-43(2)38-24-12-13-25-39(38)45-40-26-14-21-34(42(40)43)32-19-8-10-22-36(32)44(30-16-4-3-5-17-30)37-23-11-9-20-33(37)35-28-27-29-15-6-7-18-31(29)41(35)44/h3-28H,1-2H3. The summed E-state index contributed by atoms with van der Waals surface area (Å²) in [7, 11) is 0. The minimum Gasteiger partial charge on any atom is -0.457 e. The van der Waals surface area contributed by atoms with Gasteiger partial charge in [-0.05, 0) is 67.4 Å². The monoisotopic (exact) mass is 576 g/mol. The summed E-state index contributed by atoms with van der Waals surface area (Å²) in [4.78, 5) is 0. The number of hydrogen-bond donors (Lipinski definition) is 0. The molecule has 0 N–H and O–H groups in total. The Morgan fingerprint density at radius 2 is 0.956 bits per heavy atom. The molecule has 214 valence electrons. The molecule has 7 aromatic carbocycles. The van der Waals surface area contributed by atoms with Gasteiger partial charge in [-0.25, -0.2) is 0 Å². The van der Waals surface area contributed by atoms with Crippen LogP contribution in [0.15, 0.2) is 158 Å². The molecule has 1 heteroatoms. The number of para-hydroxylation sites is 1. The van der Waals surface area contributed by atoms with E-state index in [9.17, 15) is 0 Å². The number of fused-ring (bicyclic) bond motifs is 7. The lowest BCUT2D eigenvalue weighted by molar-refractivity contribution is 0.419. The van der Waals surface area contributed by atoms with Crippen molar-refractivity contribution in [3.8, 4) is 33.8 Å². The summed E-state index contributed by atoms with van der Waals surface area (Å²) in [6, 6.07) is 57.7. The van der Waals surface area contributed by atoms with Crippen LogP contribution in [0.3, 0.4) is 0 Å². The Balaban J connectivity index is 1.43. The Morgan fingerprint density at radius 3 is 1.71 bits per heavy atom. The zero-order chi connectivity index (χ0) is 30.2. The topological polar surface area (TPSA) is 9.23 Å². The Labute approximate surface area is 264 Å². The van der Waals surface area contributed by atoms with E-state index in [1.54, 1.807) is 0 Å². The molecule has 1 aliphatic heterocycles. The van der Waals surface area contributed by atoms with E-state index in [1.807, 2.05) is 0 Å². The van der Waals surface area contributed by atoms with Crippen LogP contribution in [-0.4, -0.2) is 0 Å². The third-order valence-corrected chi connectivity index (χ3v) is 10.2. The van der Waals surface area contributed by atoms with Gasteiger partial charge < -0.3 is 4.74 Å². The predicted octanol–water partition coefficient (Wildman–Crippen LogP) is 11.3. The number of rotatable bonds is 3. The van der Waals surface area contributed by atoms with Crippen LogP contribution in [-0.2, 0) is 10.8 Å². The first-order valence-electron chi connectivity index (χ1n) is 15.8. The van der Waals surface area contributed by atoms with E-state index < -0.39 is 5.41 Å². The quantitative estimate of drug-likeness (QED) is 0.203. The number of benzene rings is 7. The van der Waals surface area contributed by atoms with E-state index in [0.717, 1.165) is 11.5 Å². The average Bonchev–Trinajstić information content (AvgIpc) is 3.40. The predicted molar refractivity (Wildman–Crippen MR) is 185 cm³/mol. The van der Waals surface area contributed by atoms with Crippen molar-refractivity contribution in [1.82, 2.24) is 0 Å². The average molecular weight is 577 g/mol. The molecule has 0 saturated heterocycles. The molecule has 1 aliphatic carbocycles. The normalized spacial score (nSPS) is 17.1. The van der Waals surface area contributed by atoms with Crippen molar-refractivity contribution >= 4 is 10.8 Å². The van der Waals surface area contributed by atoms with Gasteiger partial charge in [-0.2, -0.15) is 0 Å². The molecule has 0 saturated carbocycles. The van der Waals surface area contributed by atoms with Crippen molar-refractivity contribution in [2.75, 3.05) is 0 Å². The number of hydrogen-bond acceptors (Lipinski definition) is 1. The van der Waals surface area contributed by atoms with Gasteiger partial charge in [0.15, 0.2) is 0 Å².